The van der Waals surface area contributed by atoms with Crippen LogP contribution in [0.4, 0.5) is 13.2 Å². The number of halogens is 3. The number of hydrogen-bond acceptors (Lipinski definition) is 3. The molecule has 140 valence electrons. The van der Waals surface area contributed by atoms with Crippen molar-refractivity contribution in [1.29, 1.82) is 0 Å². The number of alkyl halides is 3. The van der Waals surface area contributed by atoms with E-state index in [2.05, 4.69) is 0 Å². The number of amides is 1. The number of rotatable bonds is 3. The molecular weight excluding hydrogens is 371 g/mol. The Hall–Kier alpha value is -2.65. The fourth-order valence-electron chi connectivity index (χ4n) is 1.84. The van der Waals surface area contributed by atoms with Crippen LogP contribution in [0, 0.1) is 6.92 Å². The van der Waals surface area contributed by atoms with Gasteiger partial charge in [0.2, 0.25) is 5.91 Å². The van der Waals surface area contributed by atoms with Crippen LogP contribution in [0.1, 0.15) is 27.0 Å². The van der Waals surface area contributed by atoms with Crippen molar-refractivity contribution in [3.63, 3.8) is 0 Å². The molecule has 0 spiro atoms. The first kappa shape index (κ1) is 21.4. The van der Waals surface area contributed by atoms with Crippen molar-refractivity contribution in [2.45, 2.75) is 13.1 Å². The Morgan fingerprint density at radius 3 is 2.15 bits per heavy atom. The molecule has 0 atom stereocenters. The van der Waals surface area contributed by atoms with Crippen molar-refractivity contribution in [2.24, 2.45) is 5.73 Å². The third kappa shape index (κ3) is 7.49. The van der Waals surface area contributed by atoms with Crippen LogP contribution >= 0.6 is 0 Å². The Morgan fingerprint density at radius 2 is 1.69 bits per heavy atom. The third-order valence-electron chi connectivity index (χ3n) is 2.98. The molecule has 0 bridgehead atoms. The van der Waals surface area contributed by atoms with E-state index in [0.717, 1.165) is 23.1 Å². The normalized spacial score (nSPS) is 11.7. The lowest BCUT2D eigenvalue weighted by atomic mass is 10.0. The van der Waals surface area contributed by atoms with Crippen molar-refractivity contribution in [2.75, 3.05) is 0 Å². The van der Waals surface area contributed by atoms with Gasteiger partial charge in [0.1, 0.15) is 0 Å². The average Bonchev–Trinajstić information content (AvgIpc) is 2.53. The predicted octanol–water partition coefficient (Wildman–Crippen LogP) is 3.66. The Kier molecular flexibility index (Phi) is 7.10. The zero-order valence-corrected chi connectivity index (χ0v) is 14.4. The van der Waals surface area contributed by atoms with Gasteiger partial charge in [-0.3, -0.25) is 9.35 Å². The van der Waals surface area contributed by atoms with Crippen LogP contribution in [0.2, 0.25) is 0 Å². The molecule has 1 amide bonds. The molecule has 0 aliphatic rings. The monoisotopic (exact) mass is 387 g/mol. The molecule has 0 fully saturated rings. The first-order chi connectivity index (χ1) is 11.9. The fourth-order valence-corrected chi connectivity index (χ4v) is 2.17. The zero-order valence-electron chi connectivity index (χ0n) is 13.6. The number of primary amides is 1. The summed E-state index contributed by atoms with van der Waals surface area (Å²) in [7, 11) is -4.00. The summed E-state index contributed by atoms with van der Waals surface area (Å²) in [6.45, 7) is 1.51. The first-order valence-electron chi connectivity index (χ1n) is 7.08. The first-order valence-corrected chi connectivity index (χ1v) is 8.59. The van der Waals surface area contributed by atoms with Crippen LogP contribution in [0.15, 0.2) is 53.9 Å². The summed E-state index contributed by atoms with van der Waals surface area (Å²) in [5, 5.41) is 0.752. The van der Waals surface area contributed by atoms with E-state index >= 15 is 0 Å². The average molecular weight is 387 g/mol. The van der Waals surface area contributed by atoms with Crippen LogP contribution in [0.5, 0.6) is 0 Å². The van der Waals surface area contributed by atoms with E-state index in [0.29, 0.717) is 5.56 Å². The summed E-state index contributed by atoms with van der Waals surface area (Å²) in [6.07, 6.45) is -3.22. The summed E-state index contributed by atoms with van der Waals surface area (Å²) in [5.41, 5.74) is 4.51. The molecule has 2 rings (SSSR count). The molecule has 26 heavy (non-hydrogen) atoms. The van der Waals surface area contributed by atoms with E-state index in [9.17, 15) is 26.4 Å². The maximum absolute atomic E-state index is 12.4. The molecule has 0 aliphatic heterocycles. The fraction of sp³-hybridized carbons (Fsp3) is 0.118. The highest BCUT2D eigenvalue weighted by atomic mass is 32.2. The Balaban J connectivity index is 0.000000263. The number of nitrogens with two attached hydrogens (primary N) is 1. The Morgan fingerprint density at radius 1 is 1.12 bits per heavy atom. The van der Waals surface area contributed by atoms with Crippen molar-refractivity contribution < 1.29 is 30.9 Å². The predicted molar refractivity (Wildman–Crippen MR) is 91.7 cm³/mol. The molecule has 0 saturated heterocycles. The maximum Gasteiger partial charge on any atom is 0.417 e. The summed E-state index contributed by atoms with van der Waals surface area (Å²) in [4.78, 5) is 10.7. The number of aryl methyl sites for hydroxylation is 1. The second-order valence-electron chi connectivity index (χ2n) is 5.14. The van der Waals surface area contributed by atoms with Gasteiger partial charge in [-0.1, -0.05) is 42.0 Å². The highest BCUT2D eigenvalue weighted by Crippen LogP contribution is 2.32. The second kappa shape index (κ2) is 8.63. The van der Waals surface area contributed by atoms with E-state index in [1.165, 1.54) is 19.1 Å². The van der Waals surface area contributed by atoms with Crippen LogP contribution in [0.25, 0.3) is 6.08 Å². The molecule has 0 heterocycles. The Bertz CT molecular complexity index is 892. The molecule has 0 aliphatic carbocycles. The summed E-state index contributed by atoms with van der Waals surface area (Å²) in [5.74, 6) is -1.07. The van der Waals surface area contributed by atoms with Crippen molar-refractivity contribution >= 4 is 22.1 Å². The van der Waals surface area contributed by atoms with Crippen LogP contribution < -0.4 is 5.73 Å². The highest BCUT2D eigenvalue weighted by Gasteiger charge is 2.34. The van der Waals surface area contributed by atoms with E-state index in [1.807, 2.05) is 6.07 Å². The maximum atomic E-state index is 12.4. The molecule has 9 heteroatoms. The molecular formula is C17H16F3NO4S. The third-order valence-corrected chi connectivity index (χ3v) is 3.46. The lowest BCUT2D eigenvalue weighted by molar-refractivity contribution is -0.137. The van der Waals surface area contributed by atoms with Crippen molar-refractivity contribution in [3.8, 4) is 0 Å². The quantitative estimate of drug-likeness (QED) is 0.786. The SMILES string of the molecule is Cc1ccc(C(N)=O)c(C(F)(F)F)c1.O=S(=O)(O)/C=C/c1ccccc1. The van der Waals surface area contributed by atoms with E-state index in [-0.39, 0.29) is 0 Å². The van der Waals surface area contributed by atoms with Gasteiger partial charge in [0.05, 0.1) is 16.5 Å². The minimum absolute atomic E-state index is 0.433. The van der Waals surface area contributed by atoms with Gasteiger partial charge >= 0.3 is 6.18 Å². The van der Waals surface area contributed by atoms with Gasteiger partial charge in [0, 0.05) is 0 Å². The minimum atomic E-state index is -4.55. The van der Waals surface area contributed by atoms with E-state index in [4.69, 9.17) is 10.3 Å². The minimum Gasteiger partial charge on any atom is -0.366 e. The van der Waals surface area contributed by atoms with E-state index in [1.54, 1.807) is 24.3 Å². The van der Waals surface area contributed by atoms with Gasteiger partial charge in [0.25, 0.3) is 10.1 Å². The molecule has 0 aromatic heterocycles. The van der Waals surface area contributed by atoms with Crippen LogP contribution in [-0.4, -0.2) is 18.9 Å². The number of carbonyl (C=O) groups is 1. The van der Waals surface area contributed by atoms with Gasteiger partial charge in [-0.15, -0.1) is 0 Å². The second-order valence-corrected chi connectivity index (χ2v) is 6.44. The summed E-state index contributed by atoms with van der Waals surface area (Å²) in [6, 6.07) is 12.3. The summed E-state index contributed by atoms with van der Waals surface area (Å²) < 4.78 is 66.1. The van der Waals surface area contributed by atoms with Gasteiger partial charge in [0.15, 0.2) is 0 Å². The molecule has 5 nitrogen and oxygen atoms in total. The number of carbonyl (C=O) groups excluding carboxylic acids is 1. The Labute approximate surface area is 148 Å². The van der Waals surface area contributed by atoms with E-state index < -0.39 is 33.3 Å². The standard InChI is InChI=1S/C9H8F3NO.C8H8O3S/c1-5-2-3-6(8(13)14)7(4-5)9(10,11)12;9-12(10,11)7-6-8-4-2-1-3-5-8/h2-4H,1H3,(H2,13,14);1-7H,(H,9,10,11)/b;7-6+. The number of benzene rings is 2. The topological polar surface area (TPSA) is 97.5 Å². The zero-order chi connectivity index (χ0) is 20.0. The van der Waals surface area contributed by atoms with Gasteiger partial charge in [-0.25, -0.2) is 0 Å². The van der Waals surface area contributed by atoms with Crippen LogP contribution in [-0.2, 0) is 16.3 Å². The lowest BCUT2D eigenvalue weighted by Crippen LogP contribution is -2.18. The molecule has 0 radical (unpaired) electrons. The molecule has 0 saturated carbocycles. The van der Waals surface area contributed by atoms with Gasteiger partial charge < -0.3 is 5.73 Å². The van der Waals surface area contributed by atoms with Crippen molar-refractivity contribution in [3.05, 3.63) is 76.2 Å². The lowest BCUT2D eigenvalue weighted by Gasteiger charge is -2.10. The molecule has 3 N–H and O–H groups in total. The molecule has 2 aromatic rings. The molecule has 0 unspecified atom stereocenters. The highest BCUT2D eigenvalue weighted by molar-refractivity contribution is 7.88. The smallest absolute Gasteiger partial charge is 0.366 e. The summed E-state index contributed by atoms with van der Waals surface area (Å²) >= 11 is 0. The largest absolute Gasteiger partial charge is 0.417 e. The van der Waals surface area contributed by atoms with Gasteiger partial charge in [-0.2, -0.15) is 21.6 Å². The van der Waals surface area contributed by atoms with Crippen molar-refractivity contribution in [1.82, 2.24) is 0 Å². The number of hydrogen-bond donors (Lipinski definition) is 2. The van der Waals surface area contributed by atoms with Gasteiger partial charge in [-0.05, 0) is 30.7 Å². The molecule has 2 aromatic carbocycles. The van der Waals surface area contributed by atoms with Crippen LogP contribution in [0.3, 0.4) is 0 Å².